The van der Waals surface area contributed by atoms with Gasteiger partial charge in [0.25, 0.3) is 5.56 Å². The predicted molar refractivity (Wildman–Crippen MR) is 102 cm³/mol. The zero-order valence-corrected chi connectivity index (χ0v) is 16.1. The lowest BCUT2D eigenvalue weighted by molar-refractivity contribution is -0.131. The van der Waals surface area contributed by atoms with Crippen molar-refractivity contribution in [3.05, 3.63) is 34.7 Å². The molecule has 7 nitrogen and oxygen atoms in total. The van der Waals surface area contributed by atoms with Gasteiger partial charge in [0.2, 0.25) is 5.91 Å². The Balaban J connectivity index is 1.79. The molecule has 2 aromatic rings. The van der Waals surface area contributed by atoms with Crippen molar-refractivity contribution in [2.45, 2.75) is 19.4 Å². The maximum Gasteiger partial charge on any atom is 0.259 e. The summed E-state index contributed by atoms with van der Waals surface area (Å²) in [5, 5.41) is 1.16. The minimum Gasteiger partial charge on any atom is -0.493 e. The molecule has 1 saturated heterocycles. The SMILES string of the molecule is COc1ccc2c(=O)n(CC(=O)N(C)CC3CCOCC3)ccc2c1OC. The minimum absolute atomic E-state index is 0.0167. The smallest absolute Gasteiger partial charge is 0.259 e. The van der Waals surface area contributed by atoms with Gasteiger partial charge in [-0.25, -0.2) is 0 Å². The molecule has 0 N–H and O–H groups in total. The summed E-state index contributed by atoms with van der Waals surface area (Å²) in [4.78, 5) is 27.1. The highest BCUT2D eigenvalue weighted by molar-refractivity contribution is 5.90. The molecule has 27 heavy (non-hydrogen) atoms. The van der Waals surface area contributed by atoms with Gasteiger partial charge >= 0.3 is 0 Å². The maximum absolute atomic E-state index is 12.8. The number of fused-ring (bicyclic) bond motifs is 1. The van der Waals surface area contributed by atoms with Crippen molar-refractivity contribution in [3.8, 4) is 11.5 Å². The molecule has 0 atom stereocenters. The van der Waals surface area contributed by atoms with Crippen LogP contribution in [0, 0.1) is 5.92 Å². The van der Waals surface area contributed by atoms with E-state index in [0.717, 1.165) is 26.1 Å². The highest BCUT2D eigenvalue weighted by atomic mass is 16.5. The first-order valence-electron chi connectivity index (χ1n) is 9.11. The highest BCUT2D eigenvalue weighted by Crippen LogP contribution is 2.33. The van der Waals surface area contributed by atoms with Gasteiger partial charge in [-0.15, -0.1) is 0 Å². The van der Waals surface area contributed by atoms with E-state index in [4.69, 9.17) is 14.2 Å². The number of likely N-dealkylation sites (N-methyl/N-ethyl adjacent to an activating group) is 1. The van der Waals surface area contributed by atoms with E-state index in [2.05, 4.69) is 0 Å². The Morgan fingerprint density at radius 3 is 2.59 bits per heavy atom. The van der Waals surface area contributed by atoms with Crippen LogP contribution in [0.25, 0.3) is 10.8 Å². The summed E-state index contributed by atoms with van der Waals surface area (Å²) in [5.74, 6) is 1.46. The number of hydrogen-bond donors (Lipinski definition) is 0. The number of carbonyl (C=O) groups excluding carboxylic acids is 1. The Kier molecular flexibility index (Phi) is 6.01. The van der Waals surface area contributed by atoms with Crippen LogP contribution in [0.2, 0.25) is 0 Å². The van der Waals surface area contributed by atoms with Crippen LogP contribution in [0.3, 0.4) is 0 Å². The zero-order chi connectivity index (χ0) is 19.4. The van der Waals surface area contributed by atoms with Crippen LogP contribution < -0.4 is 15.0 Å². The molecular weight excluding hydrogens is 348 g/mol. The molecule has 0 saturated carbocycles. The van der Waals surface area contributed by atoms with Crippen LogP contribution in [0.1, 0.15) is 12.8 Å². The molecular formula is C20H26N2O5. The number of ether oxygens (including phenoxy) is 3. The zero-order valence-electron chi connectivity index (χ0n) is 16.1. The van der Waals surface area contributed by atoms with E-state index >= 15 is 0 Å². The second-order valence-corrected chi connectivity index (χ2v) is 6.84. The van der Waals surface area contributed by atoms with Gasteiger partial charge in [-0.3, -0.25) is 9.59 Å². The fourth-order valence-electron chi connectivity index (χ4n) is 3.50. The number of hydrogen-bond acceptors (Lipinski definition) is 5. The van der Waals surface area contributed by atoms with Crippen LogP contribution in [-0.4, -0.2) is 56.4 Å². The summed E-state index contributed by atoms with van der Waals surface area (Å²) in [6.45, 7) is 2.21. The van der Waals surface area contributed by atoms with Crippen molar-refractivity contribution in [2.75, 3.05) is 41.0 Å². The molecule has 1 fully saturated rings. The monoisotopic (exact) mass is 374 g/mol. The fourth-order valence-corrected chi connectivity index (χ4v) is 3.50. The molecule has 2 heterocycles. The molecule has 1 aromatic carbocycles. The summed E-state index contributed by atoms with van der Waals surface area (Å²) < 4.78 is 17.5. The molecule has 3 rings (SSSR count). The topological polar surface area (TPSA) is 70.0 Å². The van der Waals surface area contributed by atoms with Gasteiger partial charge in [0, 0.05) is 38.4 Å². The number of aromatic nitrogens is 1. The van der Waals surface area contributed by atoms with Crippen molar-refractivity contribution in [1.29, 1.82) is 0 Å². The van der Waals surface area contributed by atoms with Crippen molar-refractivity contribution in [3.63, 3.8) is 0 Å². The number of methoxy groups -OCH3 is 2. The molecule has 7 heteroatoms. The molecule has 1 aromatic heterocycles. The van der Waals surface area contributed by atoms with Gasteiger partial charge < -0.3 is 23.7 Å². The number of carbonyl (C=O) groups is 1. The Morgan fingerprint density at radius 1 is 1.19 bits per heavy atom. The van der Waals surface area contributed by atoms with Gasteiger partial charge in [-0.1, -0.05) is 0 Å². The second kappa shape index (κ2) is 8.43. The summed E-state index contributed by atoms with van der Waals surface area (Å²) in [6.07, 6.45) is 3.57. The number of rotatable bonds is 6. The maximum atomic E-state index is 12.8. The Bertz CT molecular complexity index is 871. The largest absolute Gasteiger partial charge is 0.493 e. The number of amides is 1. The predicted octanol–water partition coefficient (Wildman–Crippen LogP) is 1.90. The van der Waals surface area contributed by atoms with Crippen molar-refractivity contribution >= 4 is 16.7 Å². The Labute approximate surface area is 158 Å². The average molecular weight is 374 g/mol. The molecule has 146 valence electrons. The first-order chi connectivity index (χ1) is 13.0. The molecule has 1 aliphatic rings. The van der Waals surface area contributed by atoms with Gasteiger partial charge in [0.15, 0.2) is 11.5 Å². The third-order valence-electron chi connectivity index (χ3n) is 5.10. The molecule has 0 spiro atoms. The highest BCUT2D eigenvalue weighted by Gasteiger charge is 2.20. The second-order valence-electron chi connectivity index (χ2n) is 6.84. The van der Waals surface area contributed by atoms with Gasteiger partial charge in [-0.2, -0.15) is 0 Å². The van der Waals surface area contributed by atoms with Crippen molar-refractivity contribution < 1.29 is 19.0 Å². The van der Waals surface area contributed by atoms with Crippen LogP contribution in [-0.2, 0) is 16.1 Å². The summed E-state index contributed by atoms with van der Waals surface area (Å²) >= 11 is 0. The fraction of sp³-hybridized carbons (Fsp3) is 0.500. The lowest BCUT2D eigenvalue weighted by Crippen LogP contribution is -2.37. The van der Waals surface area contributed by atoms with Crippen molar-refractivity contribution in [2.24, 2.45) is 5.92 Å². The molecule has 0 unspecified atom stereocenters. The van der Waals surface area contributed by atoms with E-state index in [1.165, 1.54) is 11.7 Å². The van der Waals surface area contributed by atoms with Crippen LogP contribution in [0.5, 0.6) is 11.5 Å². The van der Waals surface area contributed by atoms with E-state index in [1.54, 1.807) is 43.5 Å². The van der Waals surface area contributed by atoms with Gasteiger partial charge in [0.1, 0.15) is 6.54 Å². The quantitative estimate of drug-likeness (QED) is 0.772. The average Bonchev–Trinajstić information content (AvgIpc) is 2.69. The molecule has 1 aliphatic heterocycles. The Morgan fingerprint density at radius 2 is 1.93 bits per heavy atom. The summed E-state index contributed by atoms with van der Waals surface area (Å²) in [7, 11) is 4.88. The van der Waals surface area contributed by atoms with Crippen molar-refractivity contribution in [1.82, 2.24) is 9.47 Å². The van der Waals surface area contributed by atoms with Gasteiger partial charge in [-0.05, 0) is 37.0 Å². The number of nitrogens with zero attached hydrogens (tertiary/aromatic N) is 2. The lowest BCUT2D eigenvalue weighted by atomic mass is 10.00. The standard InChI is InChI=1S/C20H26N2O5/c1-21(12-14-7-10-27-11-8-14)18(23)13-22-9-6-15-16(20(22)24)4-5-17(25-2)19(15)26-3/h4-6,9,14H,7-8,10-13H2,1-3H3. The minimum atomic E-state index is -0.221. The van der Waals surface area contributed by atoms with E-state index in [9.17, 15) is 9.59 Å². The number of pyridine rings is 1. The number of benzene rings is 1. The van der Waals surface area contributed by atoms with Crippen LogP contribution in [0.15, 0.2) is 29.2 Å². The van der Waals surface area contributed by atoms with E-state index in [0.29, 0.717) is 34.7 Å². The Hall–Kier alpha value is -2.54. The molecule has 1 amide bonds. The van der Waals surface area contributed by atoms with E-state index in [1.807, 2.05) is 0 Å². The third kappa shape index (κ3) is 4.08. The van der Waals surface area contributed by atoms with Crippen LogP contribution in [0.4, 0.5) is 0 Å². The lowest BCUT2D eigenvalue weighted by Gasteiger charge is -2.27. The summed E-state index contributed by atoms with van der Waals surface area (Å²) in [6, 6.07) is 5.18. The third-order valence-corrected chi connectivity index (χ3v) is 5.10. The first kappa shape index (κ1) is 19.2. The van der Waals surface area contributed by atoms with Crippen LogP contribution >= 0.6 is 0 Å². The molecule has 0 radical (unpaired) electrons. The first-order valence-corrected chi connectivity index (χ1v) is 9.11. The van der Waals surface area contributed by atoms with E-state index < -0.39 is 0 Å². The van der Waals surface area contributed by atoms with Gasteiger partial charge in [0.05, 0.1) is 19.6 Å². The summed E-state index contributed by atoms with van der Waals surface area (Å²) in [5.41, 5.74) is -0.221. The molecule has 0 bridgehead atoms. The molecule has 0 aliphatic carbocycles. The normalized spacial score (nSPS) is 14.9. The van der Waals surface area contributed by atoms with E-state index in [-0.39, 0.29) is 18.0 Å².